The lowest BCUT2D eigenvalue weighted by Gasteiger charge is -2.14. The molecule has 0 radical (unpaired) electrons. The summed E-state index contributed by atoms with van der Waals surface area (Å²) in [5.41, 5.74) is 12.2. The molecule has 3 heteroatoms. The highest BCUT2D eigenvalue weighted by atomic mass is 15.3. The van der Waals surface area contributed by atoms with Gasteiger partial charge in [0.2, 0.25) is 0 Å². The average Bonchev–Trinajstić information content (AvgIpc) is 2.62. The minimum absolute atomic E-state index is 0.0924. The molecule has 1 heterocycles. The lowest BCUT2D eigenvalue weighted by molar-refractivity contribution is 0.728. The fraction of sp³-hybridized carbons (Fsp3) is 0.400. The maximum atomic E-state index is 6.40. The Hall–Kier alpha value is -1.61. The number of rotatable bonds is 3. The standard InChI is InChI=1S/C15H21N3/c1-5-12-7-6-8-13(9-12)15(16)14-10(2)17-18(4)11(14)3/h6-9,15H,5,16H2,1-4H3. The van der Waals surface area contributed by atoms with E-state index in [-0.39, 0.29) is 6.04 Å². The molecule has 1 atom stereocenters. The van der Waals surface area contributed by atoms with Crippen LogP contribution in [0.3, 0.4) is 0 Å². The molecule has 96 valence electrons. The van der Waals surface area contributed by atoms with Gasteiger partial charge in [0.05, 0.1) is 11.7 Å². The van der Waals surface area contributed by atoms with Crippen molar-refractivity contribution in [2.75, 3.05) is 0 Å². The normalized spacial score (nSPS) is 12.7. The number of nitrogens with zero attached hydrogens (tertiary/aromatic N) is 2. The molecule has 1 aromatic carbocycles. The van der Waals surface area contributed by atoms with E-state index < -0.39 is 0 Å². The molecule has 2 aromatic rings. The van der Waals surface area contributed by atoms with Gasteiger partial charge in [-0.15, -0.1) is 0 Å². The minimum atomic E-state index is -0.0924. The van der Waals surface area contributed by atoms with E-state index in [2.05, 4.69) is 43.2 Å². The van der Waals surface area contributed by atoms with Crippen molar-refractivity contribution in [1.82, 2.24) is 9.78 Å². The summed E-state index contributed by atoms with van der Waals surface area (Å²) in [5.74, 6) is 0. The van der Waals surface area contributed by atoms with Crippen LogP contribution >= 0.6 is 0 Å². The van der Waals surface area contributed by atoms with Crippen LogP contribution in [0.2, 0.25) is 0 Å². The number of hydrogen-bond acceptors (Lipinski definition) is 2. The third kappa shape index (κ3) is 2.18. The van der Waals surface area contributed by atoms with Crippen molar-refractivity contribution < 1.29 is 0 Å². The largest absolute Gasteiger partial charge is 0.320 e. The Balaban J connectivity index is 2.44. The first-order chi connectivity index (χ1) is 8.54. The smallest absolute Gasteiger partial charge is 0.0647 e. The van der Waals surface area contributed by atoms with Crippen molar-refractivity contribution >= 4 is 0 Å². The molecule has 0 amide bonds. The fourth-order valence-electron chi connectivity index (χ4n) is 2.41. The van der Waals surface area contributed by atoms with Crippen molar-refractivity contribution in [2.24, 2.45) is 12.8 Å². The van der Waals surface area contributed by atoms with Gasteiger partial charge in [-0.05, 0) is 31.4 Å². The van der Waals surface area contributed by atoms with Gasteiger partial charge < -0.3 is 5.73 Å². The molecule has 3 nitrogen and oxygen atoms in total. The third-order valence-corrected chi connectivity index (χ3v) is 3.59. The quantitative estimate of drug-likeness (QED) is 0.900. The van der Waals surface area contributed by atoms with Crippen molar-refractivity contribution in [3.8, 4) is 0 Å². The molecule has 2 rings (SSSR count). The zero-order chi connectivity index (χ0) is 13.3. The molecule has 0 spiro atoms. The van der Waals surface area contributed by atoms with Crippen molar-refractivity contribution in [2.45, 2.75) is 33.2 Å². The summed E-state index contributed by atoms with van der Waals surface area (Å²) in [5, 5.41) is 4.44. The Kier molecular flexibility index (Phi) is 3.53. The highest BCUT2D eigenvalue weighted by Gasteiger charge is 2.18. The Labute approximate surface area is 109 Å². The van der Waals surface area contributed by atoms with Crippen LogP contribution in [-0.4, -0.2) is 9.78 Å². The van der Waals surface area contributed by atoms with Crippen molar-refractivity contribution in [1.29, 1.82) is 0 Å². The first kappa shape index (κ1) is 12.8. The topological polar surface area (TPSA) is 43.8 Å². The maximum absolute atomic E-state index is 6.40. The van der Waals surface area contributed by atoms with Crippen LogP contribution < -0.4 is 5.73 Å². The third-order valence-electron chi connectivity index (χ3n) is 3.59. The molecule has 1 aromatic heterocycles. The van der Waals surface area contributed by atoms with Gasteiger partial charge in [-0.2, -0.15) is 5.10 Å². The molecule has 1 unspecified atom stereocenters. The van der Waals surface area contributed by atoms with E-state index in [9.17, 15) is 0 Å². The zero-order valence-corrected chi connectivity index (χ0v) is 11.6. The second-order valence-corrected chi connectivity index (χ2v) is 4.78. The Bertz CT molecular complexity index is 555. The van der Waals surface area contributed by atoms with Crippen LogP contribution in [0.4, 0.5) is 0 Å². The van der Waals surface area contributed by atoms with Crippen LogP contribution in [0.1, 0.15) is 41.0 Å². The first-order valence-corrected chi connectivity index (χ1v) is 6.39. The molecule has 2 N–H and O–H groups in total. The fourth-order valence-corrected chi connectivity index (χ4v) is 2.41. The summed E-state index contributed by atoms with van der Waals surface area (Å²) in [6, 6.07) is 8.41. The second kappa shape index (κ2) is 4.94. The minimum Gasteiger partial charge on any atom is -0.320 e. The SMILES string of the molecule is CCc1cccc(C(N)c2c(C)nn(C)c2C)c1. The van der Waals surface area contributed by atoms with Crippen LogP contribution in [0.25, 0.3) is 0 Å². The highest BCUT2D eigenvalue weighted by molar-refractivity contribution is 5.38. The number of aromatic nitrogens is 2. The molecule has 0 aliphatic heterocycles. The summed E-state index contributed by atoms with van der Waals surface area (Å²) in [6.07, 6.45) is 1.03. The van der Waals surface area contributed by atoms with E-state index in [1.54, 1.807) is 0 Å². The van der Waals surface area contributed by atoms with E-state index in [1.165, 1.54) is 5.56 Å². The van der Waals surface area contributed by atoms with Crippen molar-refractivity contribution in [3.05, 3.63) is 52.3 Å². The molecule has 0 saturated heterocycles. The van der Waals surface area contributed by atoms with Gasteiger partial charge in [0.15, 0.2) is 0 Å². The Morgan fingerprint density at radius 2 is 2.06 bits per heavy atom. The second-order valence-electron chi connectivity index (χ2n) is 4.78. The van der Waals surface area contributed by atoms with Gasteiger partial charge in [-0.1, -0.05) is 31.2 Å². The molecule has 18 heavy (non-hydrogen) atoms. The van der Waals surface area contributed by atoms with Gasteiger partial charge in [0, 0.05) is 18.3 Å². The van der Waals surface area contributed by atoms with Crippen molar-refractivity contribution in [3.63, 3.8) is 0 Å². The first-order valence-electron chi connectivity index (χ1n) is 6.39. The number of hydrogen-bond donors (Lipinski definition) is 1. The molecule has 0 fully saturated rings. The van der Waals surface area contributed by atoms with Crippen LogP contribution in [-0.2, 0) is 13.5 Å². The molecule has 0 bridgehead atoms. The molecular formula is C15H21N3. The maximum Gasteiger partial charge on any atom is 0.0647 e. The van der Waals surface area contributed by atoms with Gasteiger partial charge in [-0.3, -0.25) is 4.68 Å². The monoisotopic (exact) mass is 243 g/mol. The summed E-state index contributed by atoms with van der Waals surface area (Å²) in [4.78, 5) is 0. The van der Waals surface area contributed by atoms with E-state index >= 15 is 0 Å². The van der Waals surface area contributed by atoms with Gasteiger partial charge in [-0.25, -0.2) is 0 Å². The molecular weight excluding hydrogens is 222 g/mol. The summed E-state index contributed by atoms with van der Waals surface area (Å²) in [7, 11) is 1.96. The Morgan fingerprint density at radius 1 is 1.33 bits per heavy atom. The summed E-state index contributed by atoms with van der Waals surface area (Å²) < 4.78 is 1.90. The lowest BCUT2D eigenvalue weighted by atomic mass is 9.96. The van der Waals surface area contributed by atoms with E-state index in [0.29, 0.717) is 0 Å². The summed E-state index contributed by atoms with van der Waals surface area (Å²) in [6.45, 7) is 6.25. The highest BCUT2D eigenvalue weighted by Crippen LogP contribution is 2.25. The Morgan fingerprint density at radius 3 is 2.61 bits per heavy atom. The van der Waals surface area contributed by atoms with E-state index in [4.69, 9.17) is 5.73 Å². The average molecular weight is 243 g/mol. The predicted molar refractivity (Wildman–Crippen MR) is 74.5 cm³/mol. The molecule has 0 aliphatic rings. The van der Waals surface area contributed by atoms with E-state index in [1.807, 2.05) is 18.7 Å². The lowest BCUT2D eigenvalue weighted by Crippen LogP contribution is -2.14. The van der Waals surface area contributed by atoms with Gasteiger partial charge in [0.1, 0.15) is 0 Å². The number of aryl methyl sites for hydroxylation is 3. The predicted octanol–water partition coefficient (Wildman–Crippen LogP) is 2.65. The van der Waals surface area contributed by atoms with Gasteiger partial charge >= 0.3 is 0 Å². The van der Waals surface area contributed by atoms with Crippen LogP contribution in [0.15, 0.2) is 24.3 Å². The molecule has 0 aliphatic carbocycles. The van der Waals surface area contributed by atoms with Crippen LogP contribution in [0.5, 0.6) is 0 Å². The summed E-state index contributed by atoms with van der Waals surface area (Å²) >= 11 is 0. The molecule has 0 saturated carbocycles. The zero-order valence-electron chi connectivity index (χ0n) is 11.6. The number of nitrogens with two attached hydrogens (primary N) is 1. The number of benzene rings is 1. The van der Waals surface area contributed by atoms with Gasteiger partial charge in [0.25, 0.3) is 0 Å². The van der Waals surface area contributed by atoms with E-state index in [0.717, 1.165) is 28.9 Å². The van der Waals surface area contributed by atoms with Crippen LogP contribution in [0, 0.1) is 13.8 Å².